The van der Waals surface area contributed by atoms with Gasteiger partial charge >= 0.3 is 0 Å². The van der Waals surface area contributed by atoms with E-state index in [2.05, 4.69) is 39.8 Å². The van der Waals surface area contributed by atoms with Crippen LogP contribution in [0.5, 0.6) is 0 Å². The van der Waals surface area contributed by atoms with E-state index in [0.717, 1.165) is 5.92 Å². The van der Waals surface area contributed by atoms with Gasteiger partial charge in [-0.3, -0.25) is 0 Å². The van der Waals surface area contributed by atoms with Crippen LogP contribution in [0.4, 0.5) is 0 Å². The van der Waals surface area contributed by atoms with Crippen molar-refractivity contribution in [1.82, 2.24) is 0 Å². The summed E-state index contributed by atoms with van der Waals surface area (Å²) in [6.07, 6.45) is 17.1. The smallest absolute Gasteiger partial charge is 0.0923 e. The molecule has 1 saturated carbocycles. The average Bonchev–Trinajstić information content (AvgIpc) is 3.33. The van der Waals surface area contributed by atoms with Crippen LogP contribution < -0.4 is 0 Å². The summed E-state index contributed by atoms with van der Waals surface area (Å²) in [5, 5.41) is 0. The average molecular weight is 303 g/mol. The molecule has 3 rings (SSSR count). The fourth-order valence-corrected chi connectivity index (χ4v) is 4.18. The van der Waals surface area contributed by atoms with E-state index in [9.17, 15) is 0 Å². The summed E-state index contributed by atoms with van der Waals surface area (Å²) in [4.78, 5) is 0. The minimum Gasteiger partial charge on any atom is -0.366 e. The van der Waals surface area contributed by atoms with Crippen molar-refractivity contribution in [1.29, 1.82) is 0 Å². The Morgan fingerprint density at radius 1 is 0.955 bits per heavy atom. The topological polar surface area (TPSA) is 12.5 Å². The normalized spacial score (nSPS) is 43.8. The van der Waals surface area contributed by atoms with Gasteiger partial charge in [0, 0.05) is 0 Å². The second kappa shape index (κ2) is 6.15. The molecule has 0 amide bonds. The summed E-state index contributed by atoms with van der Waals surface area (Å²) in [5.74, 6) is 0.864. The van der Waals surface area contributed by atoms with Gasteiger partial charge in [0.05, 0.1) is 11.7 Å². The summed E-state index contributed by atoms with van der Waals surface area (Å²) in [6.45, 7) is 9.46. The first-order chi connectivity index (χ1) is 10.4. The van der Waals surface area contributed by atoms with E-state index in [1.807, 2.05) is 0 Å². The van der Waals surface area contributed by atoms with Crippen molar-refractivity contribution in [2.24, 2.45) is 11.3 Å². The molecule has 0 aromatic carbocycles. The van der Waals surface area contributed by atoms with Gasteiger partial charge in [0.15, 0.2) is 0 Å². The predicted molar refractivity (Wildman–Crippen MR) is 93.9 cm³/mol. The maximum Gasteiger partial charge on any atom is 0.0923 e. The summed E-state index contributed by atoms with van der Waals surface area (Å²) >= 11 is 0. The highest BCUT2D eigenvalue weighted by atomic mass is 16.6. The molecule has 1 heterocycles. The maximum atomic E-state index is 6.15. The Bertz CT molecular complexity index is 468. The summed E-state index contributed by atoms with van der Waals surface area (Å²) < 4.78 is 6.15. The first-order valence-corrected chi connectivity index (χ1v) is 9.40. The minimum atomic E-state index is 0.176. The van der Waals surface area contributed by atoms with E-state index < -0.39 is 0 Å². The van der Waals surface area contributed by atoms with Crippen LogP contribution in [0.2, 0.25) is 0 Å². The lowest BCUT2D eigenvalue weighted by molar-refractivity contribution is 0.248. The molecular formula is C21H34O. The van der Waals surface area contributed by atoms with Crippen LogP contribution in [0, 0.1) is 11.3 Å². The number of allylic oxidation sites excluding steroid dienone is 4. The Morgan fingerprint density at radius 2 is 1.64 bits per heavy atom. The van der Waals surface area contributed by atoms with Crippen LogP contribution in [0.3, 0.4) is 0 Å². The van der Waals surface area contributed by atoms with Crippen molar-refractivity contribution in [3.8, 4) is 0 Å². The molecule has 3 atom stereocenters. The first-order valence-electron chi connectivity index (χ1n) is 9.40. The third-order valence-corrected chi connectivity index (χ3v) is 6.61. The van der Waals surface area contributed by atoms with Crippen LogP contribution >= 0.6 is 0 Å². The van der Waals surface area contributed by atoms with Gasteiger partial charge in [0.1, 0.15) is 0 Å². The number of fused-ring (bicyclic) bond motifs is 1. The monoisotopic (exact) mass is 302 g/mol. The lowest BCUT2D eigenvalue weighted by Gasteiger charge is -2.24. The molecule has 22 heavy (non-hydrogen) atoms. The largest absolute Gasteiger partial charge is 0.366 e. The highest BCUT2D eigenvalue weighted by molar-refractivity contribution is 5.09. The molecular weight excluding hydrogens is 268 g/mol. The van der Waals surface area contributed by atoms with Crippen molar-refractivity contribution >= 4 is 0 Å². The molecule has 0 radical (unpaired) electrons. The molecule has 124 valence electrons. The summed E-state index contributed by atoms with van der Waals surface area (Å²) in [5.41, 5.74) is 3.94. The van der Waals surface area contributed by atoms with E-state index >= 15 is 0 Å². The molecule has 0 spiro atoms. The van der Waals surface area contributed by atoms with Crippen LogP contribution in [0.1, 0.15) is 85.5 Å². The molecule has 0 aromatic heterocycles. The molecule has 1 nitrogen and oxygen atoms in total. The Hall–Kier alpha value is -0.560. The van der Waals surface area contributed by atoms with Crippen LogP contribution in [-0.4, -0.2) is 11.7 Å². The molecule has 1 heteroatoms. The highest BCUT2D eigenvalue weighted by Crippen LogP contribution is 2.57. The molecule has 1 aliphatic heterocycles. The fourth-order valence-electron chi connectivity index (χ4n) is 4.18. The summed E-state index contributed by atoms with van der Waals surface area (Å²) in [7, 11) is 0. The highest BCUT2D eigenvalue weighted by Gasteiger charge is 2.55. The van der Waals surface area contributed by atoms with Gasteiger partial charge in [-0.1, -0.05) is 30.2 Å². The van der Waals surface area contributed by atoms with Crippen LogP contribution in [0.25, 0.3) is 0 Å². The SMILES string of the molecule is C/C1=C/CC[C@@]2(C)O[C@H]2C[C@@H](C2(C)CC2)CC/C(C)=C\CC1. The number of hydrogen-bond donors (Lipinski definition) is 0. The summed E-state index contributed by atoms with van der Waals surface area (Å²) in [6, 6.07) is 0. The predicted octanol–water partition coefficient (Wildman–Crippen LogP) is 6.20. The number of hydrogen-bond acceptors (Lipinski definition) is 1. The van der Waals surface area contributed by atoms with Gasteiger partial charge in [-0.15, -0.1) is 0 Å². The Kier molecular flexibility index (Phi) is 4.56. The van der Waals surface area contributed by atoms with Gasteiger partial charge in [-0.05, 0) is 89.9 Å². The number of ether oxygens (including phenoxy) is 1. The van der Waals surface area contributed by atoms with Gasteiger partial charge in [-0.25, -0.2) is 0 Å². The van der Waals surface area contributed by atoms with Crippen molar-refractivity contribution in [3.63, 3.8) is 0 Å². The Labute approximate surface area is 137 Å². The van der Waals surface area contributed by atoms with E-state index in [1.165, 1.54) is 57.8 Å². The van der Waals surface area contributed by atoms with Crippen molar-refractivity contribution in [3.05, 3.63) is 23.3 Å². The van der Waals surface area contributed by atoms with Gasteiger partial charge in [-0.2, -0.15) is 0 Å². The van der Waals surface area contributed by atoms with E-state index in [-0.39, 0.29) is 5.60 Å². The molecule has 2 aliphatic carbocycles. The molecule has 0 aromatic rings. The molecule has 3 aliphatic rings. The lowest BCUT2D eigenvalue weighted by Crippen LogP contribution is -2.19. The fraction of sp³-hybridized carbons (Fsp3) is 0.810. The van der Waals surface area contributed by atoms with Crippen LogP contribution in [-0.2, 0) is 4.74 Å². The third kappa shape index (κ3) is 3.85. The van der Waals surface area contributed by atoms with Crippen molar-refractivity contribution in [2.45, 2.75) is 97.2 Å². The zero-order chi connectivity index (χ0) is 15.8. The molecule has 2 fully saturated rings. The third-order valence-electron chi connectivity index (χ3n) is 6.61. The van der Waals surface area contributed by atoms with Gasteiger partial charge in [0.25, 0.3) is 0 Å². The molecule has 0 bridgehead atoms. The maximum absolute atomic E-state index is 6.15. The van der Waals surface area contributed by atoms with Crippen molar-refractivity contribution < 1.29 is 4.74 Å². The Balaban J connectivity index is 1.69. The lowest BCUT2D eigenvalue weighted by atomic mass is 9.80. The van der Waals surface area contributed by atoms with Gasteiger partial charge < -0.3 is 4.74 Å². The standard InChI is InChI=1S/C21H34O/c1-16-7-5-8-17(2)10-11-18(20(3)13-14-20)15-19-21(4,22-19)12-6-9-16/h8-9,18-19H,5-7,10-15H2,1-4H3/b16-9-,17-8-/t18-,19-,21+/m0/s1. The molecule has 1 saturated heterocycles. The number of rotatable bonds is 1. The second-order valence-electron chi connectivity index (χ2n) is 8.72. The van der Waals surface area contributed by atoms with Crippen molar-refractivity contribution in [2.75, 3.05) is 0 Å². The molecule has 0 N–H and O–H groups in total. The Morgan fingerprint density at radius 3 is 2.36 bits per heavy atom. The minimum absolute atomic E-state index is 0.176. The first kappa shape index (κ1) is 16.3. The van der Waals surface area contributed by atoms with Gasteiger partial charge in [0.2, 0.25) is 0 Å². The number of epoxide rings is 1. The van der Waals surface area contributed by atoms with Crippen LogP contribution in [0.15, 0.2) is 23.3 Å². The zero-order valence-electron chi connectivity index (χ0n) is 15.1. The van der Waals surface area contributed by atoms with E-state index in [4.69, 9.17) is 4.74 Å². The van der Waals surface area contributed by atoms with E-state index in [1.54, 1.807) is 11.1 Å². The second-order valence-corrected chi connectivity index (χ2v) is 8.72. The zero-order valence-corrected chi connectivity index (χ0v) is 15.1. The quantitative estimate of drug-likeness (QED) is 0.415. The van der Waals surface area contributed by atoms with E-state index in [0.29, 0.717) is 11.5 Å². The molecule has 0 unspecified atom stereocenters.